The molecule has 0 radical (unpaired) electrons. The summed E-state index contributed by atoms with van der Waals surface area (Å²) in [6.45, 7) is 3.28. The standard InChI is InChI=1S/C8H13NO3S/c1-5(10)9-6(2)13-4-3-7(9)8(11)12/h6-7H,3-4H2,1-2H3,(H,11,12). The van der Waals surface area contributed by atoms with Crippen LogP contribution in [0.1, 0.15) is 20.3 Å². The number of carbonyl (C=O) groups is 2. The van der Waals surface area contributed by atoms with Crippen molar-refractivity contribution >= 4 is 23.6 Å². The van der Waals surface area contributed by atoms with E-state index in [4.69, 9.17) is 5.11 Å². The van der Waals surface area contributed by atoms with E-state index in [-0.39, 0.29) is 11.3 Å². The largest absolute Gasteiger partial charge is 0.480 e. The van der Waals surface area contributed by atoms with Gasteiger partial charge in [0.25, 0.3) is 0 Å². The number of carboxylic acid groups (broad SMARTS) is 1. The third-order valence-corrected chi connectivity index (χ3v) is 3.31. The zero-order valence-corrected chi connectivity index (χ0v) is 8.50. The summed E-state index contributed by atoms with van der Waals surface area (Å²) in [4.78, 5) is 23.4. The molecule has 0 aromatic rings. The van der Waals surface area contributed by atoms with Gasteiger partial charge >= 0.3 is 5.97 Å². The molecule has 1 fully saturated rings. The van der Waals surface area contributed by atoms with Crippen molar-refractivity contribution < 1.29 is 14.7 Å². The van der Waals surface area contributed by atoms with Gasteiger partial charge in [0.2, 0.25) is 5.91 Å². The molecule has 1 heterocycles. The number of hydrogen-bond donors (Lipinski definition) is 1. The maximum Gasteiger partial charge on any atom is 0.326 e. The molecule has 1 amide bonds. The van der Waals surface area contributed by atoms with E-state index in [1.165, 1.54) is 11.8 Å². The highest BCUT2D eigenvalue weighted by molar-refractivity contribution is 7.99. The average molecular weight is 203 g/mol. The van der Waals surface area contributed by atoms with Crippen molar-refractivity contribution in [3.05, 3.63) is 0 Å². The fourth-order valence-electron chi connectivity index (χ4n) is 1.54. The maximum absolute atomic E-state index is 11.2. The first-order chi connectivity index (χ1) is 6.04. The first-order valence-corrected chi connectivity index (χ1v) is 5.22. The third kappa shape index (κ3) is 2.15. The molecule has 4 nitrogen and oxygen atoms in total. The summed E-state index contributed by atoms with van der Waals surface area (Å²) < 4.78 is 0. The molecule has 1 rings (SSSR count). The molecule has 1 aliphatic rings. The van der Waals surface area contributed by atoms with Crippen molar-refractivity contribution in [1.29, 1.82) is 0 Å². The molecule has 0 aromatic carbocycles. The molecule has 5 heteroatoms. The minimum atomic E-state index is -0.901. The van der Waals surface area contributed by atoms with Crippen molar-refractivity contribution in [2.24, 2.45) is 0 Å². The second kappa shape index (κ2) is 4.00. The first kappa shape index (κ1) is 10.4. The monoisotopic (exact) mass is 203 g/mol. The minimum Gasteiger partial charge on any atom is -0.480 e. The number of nitrogens with zero attached hydrogens (tertiary/aromatic N) is 1. The van der Waals surface area contributed by atoms with Gasteiger partial charge in [0.15, 0.2) is 0 Å². The fourth-order valence-corrected chi connectivity index (χ4v) is 2.70. The Bertz CT molecular complexity index is 231. The molecule has 1 aliphatic heterocycles. The van der Waals surface area contributed by atoms with Crippen molar-refractivity contribution in [2.45, 2.75) is 31.7 Å². The number of aliphatic carboxylic acids is 1. The van der Waals surface area contributed by atoms with Gasteiger partial charge in [0, 0.05) is 6.92 Å². The molecule has 0 bridgehead atoms. The summed E-state index contributed by atoms with van der Waals surface area (Å²) in [5.41, 5.74) is 0. The third-order valence-electron chi connectivity index (χ3n) is 2.13. The van der Waals surface area contributed by atoms with Gasteiger partial charge in [-0.25, -0.2) is 4.79 Å². The zero-order chi connectivity index (χ0) is 10.0. The number of rotatable bonds is 1. The van der Waals surface area contributed by atoms with Crippen molar-refractivity contribution in [2.75, 3.05) is 5.75 Å². The summed E-state index contributed by atoms with van der Waals surface area (Å²) in [5, 5.41) is 8.85. The molecule has 2 unspecified atom stereocenters. The van der Waals surface area contributed by atoms with Gasteiger partial charge in [-0.05, 0) is 19.1 Å². The van der Waals surface area contributed by atoms with Crippen LogP contribution in [0.2, 0.25) is 0 Å². The Labute approximate surface area is 81.3 Å². The molecule has 74 valence electrons. The van der Waals surface area contributed by atoms with Crippen LogP contribution in [0, 0.1) is 0 Å². The van der Waals surface area contributed by atoms with Crippen LogP contribution in [0.4, 0.5) is 0 Å². The van der Waals surface area contributed by atoms with Crippen LogP contribution in [0.25, 0.3) is 0 Å². The quantitative estimate of drug-likeness (QED) is 0.684. The number of amides is 1. The Morgan fingerprint density at radius 1 is 1.54 bits per heavy atom. The average Bonchev–Trinajstić information content (AvgIpc) is 2.02. The van der Waals surface area contributed by atoms with E-state index >= 15 is 0 Å². The maximum atomic E-state index is 11.2. The van der Waals surface area contributed by atoms with Crippen LogP contribution in [0.3, 0.4) is 0 Å². The Morgan fingerprint density at radius 3 is 2.54 bits per heavy atom. The number of carboxylic acids is 1. The van der Waals surface area contributed by atoms with Crippen LogP contribution in [-0.2, 0) is 9.59 Å². The van der Waals surface area contributed by atoms with E-state index in [9.17, 15) is 9.59 Å². The van der Waals surface area contributed by atoms with E-state index in [2.05, 4.69) is 0 Å². The lowest BCUT2D eigenvalue weighted by atomic mass is 10.2. The molecule has 0 aromatic heterocycles. The zero-order valence-electron chi connectivity index (χ0n) is 7.69. The predicted octanol–water partition coefficient (Wildman–Crippen LogP) is 0.771. The van der Waals surface area contributed by atoms with E-state index < -0.39 is 12.0 Å². The van der Waals surface area contributed by atoms with E-state index in [1.54, 1.807) is 11.8 Å². The lowest BCUT2D eigenvalue weighted by Crippen LogP contribution is -2.50. The van der Waals surface area contributed by atoms with Crippen LogP contribution >= 0.6 is 11.8 Å². The number of thioether (sulfide) groups is 1. The van der Waals surface area contributed by atoms with E-state index in [0.717, 1.165) is 5.75 Å². The van der Waals surface area contributed by atoms with Crippen LogP contribution in [-0.4, -0.2) is 39.1 Å². The van der Waals surface area contributed by atoms with Gasteiger partial charge in [-0.2, -0.15) is 0 Å². The van der Waals surface area contributed by atoms with Gasteiger partial charge in [0.1, 0.15) is 6.04 Å². The minimum absolute atomic E-state index is 0.0210. The molecule has 0 saturated carbocycles. The number of carbonyl (C=O) groups excluding carboxylic acids is 1. The fraction of sp³-hybridized carbons (Fsp3) is 0.750. The molecular formula is C8H13NO3S. The topological polar surface area (TPSA) is 57.6 Å². The molecule has 2 atom stereocenters. The second-order valence-electron chi connectivity index (χ2n) is 3.04. The van der Waals surface area contributed by atoms with E-state index in [0.29, 0.717) is 6.42 Å². The Balaban J connectivity index is 2.80. The summed E-state index contributed by atoms with van der Waals surface area (Å²) in [5.74, 6) is -0.253. The summed E-state index contributed by atoms with van der Waals surface area (Å²) in [6.07, 6.45) is 0.546. The Kier molecular flexibility index (Phi) is 3.19. The van der Waals surface area contributed by atoms with Gasteiger partial charge < -0.3 is 10.0 Å². The summed E-state index contributed by atoms with van der Waals surface area (Å²) in [7, 11) is 0. The van der Waals surface area contributed by atoms with Crippen molar-refractivity contribution in [1.82, 2.24) is 4.90 Å². The van der Waals surface area contributed by atoms with Gasteiger partial charge in [-0.1, -0.05) is 0 Å². The highest BCUT2D eigenvalue weighted by Gasteiger charge is 2.34. The molecule has 1 N–H and O–H groups in total. The van der Waals surface area contributed by atoms with Crippen LogP contribution in [0.5, 0.6) is 0 Å². The second-order valence-corrected chi connectivity index (χ2v) is 4.46. The predicted molar refractivity (Wildman–Crippen MR) is 50.5 cm³/mol. The smallest absolute Gasteiger partial charge is 0.326 e. The normalized spacial score (nSPS) is 28.6. The lowest BCUT2D eigenvalue weighted by Gasteiger charge is -2.37. The molecule has 0 spiro atoms. The molecule has 13 heavy (non-hydrogen) atoms. The summed E-state index contributed by atoms with van der Waals surface area (Å²) >= 11 is 1.62. The van der Waals surface area contributed by atoms with E-state index in [1.807, 2.05) is 6.92 Å². The van der Waals surface area contributed by atoms with Crippen molar-refractivity contribution in [3.63, 3.8) is 0 Å². The highest BCUT2D eigenvalue weighted by atomic mass is 32.2. The Hall–Kier alpha value is -0.710. The first-order valence-electron chi connectivity index (χ1n) is 4.17. The summed E-state index contributed by atoms with van der Waals surface area (Å²) in [6, 6.07) is -0.631. The Morgan fingerprint density at radius 2 is 2.15 bits per heavy atom. The van der Waals surface area contributed by atoms with Crippen LogP contribution in [0.15, 0.2) is 0 Å². The highest BCUT2D eigenvalue weighted by Crippen LogP contribution is 2.27. The van der Waals surface area contributed by atoms with Gasteiger partial charge in [-0.15, -0.1) is 11.8 Å². The van der Waals surface area contributed by atoms with Gasteiger partial charge in [0.05, 0.1) is 5.37 Å². The SMILES string of the molecule is CC(=O)N1C(C)SCCC1C(=O)O. The van der Waals surface area contributed by atoms with Crippen LogP contribution < -0.4 is 0 Å². The van der Waals surface area contributed by atoms with Crippen molar-refractivity contribution in [3.8, 4) is 0 Å². The molecule has 1 saturated heterocycles. The molecule has 0 aliphatic carbocycles. The van der Waals surface area contributed by atoms with Gasteiger partial charge in [-0.3, -0.25) is 4.79 Å². The number of hydrogen-bond acceptors (Lipinski definition) is 3. The molecular weight excluding hydrogens is 190 g/mol. The lowest BCUT2D eigenvalue weighted by molar-refractivity contribution is -0.150.